The molecule has 2 aromatic rings. The molecule has 0 saturated heterocycles. The molecule has 0 aliphatic carbocycles. The predicted octanol–water partition coefficient (Wildman–Crippen LogP) is 3.19. The fraction of sp³-hybridized carbons (Fsp3) is 0.143. The zero-order valence-electron chi connectivity index (χ0n) is 9.40. The first kappa shape index (κ1) is 10.6. The monoisotopic (exact) mass is 212 g/mol. The van der Waals surface area contributed by atoms with E-state index in [1.807, 2.05) is 42.5 Å². The number of hydrogen-bond donors (Lipinski definition) is 2. The molecule has 16 heavy (non-hydrogen) atoms. The summed E-state index contributed by atoms with van der Waals surface area (Å²) in [5.41, 5.74) is 10.2. The van der Waals surface area contributed by atoms with Crippen LogP contribution in [0.3, 0.4) is 0 Å². The molecule has 0 aliphatic rings. The summed E-state index contributed by atoms with van der Waals surface area (Å²) in [5, 5.41) is 3.35. The number of para-hydroxylation sites is 1. The number of nitrogen functional groups attached to an aromatic ring is 1. The molecule has 2 rings (SSSR count). The highest BCUT2D eigenvalue weighted by atomic mass is 14.9. The molecule has 0 atom stereocenters. The van der Waals surface area contributed by atoms with Crippen molar-refractivity contribution in [1.29, 1.82) is 0 Å². The maximum Gasteiger partial charge on any atom is 0.0421 e. The van der Waals surface area contributed by atoms with E-state index in [1.54, 1.807) is 0 Å². The van der Waals surface area contributed by atoms with Gasteiger partial charge >= 0.3 is 0 Å². The minimum Gasteiger partial charge on any atom is -0.398 e. The van der Waals surface area contributed by atoms with Crippen molar-refractivity contribution in [2.24, 2.45) is 0 Å². The molecule has 3 N–H and O–H groups in total. The van der Waals surface area contributed by atoms with Crippen molar-refractivity contribution in [3.05, 3.63) is 59.7 Å². The van der Waals surface area contributed by atoms with Crippen molar-refractivity contribution in [1.82, 2.24) is 0 Å². The fourth-order valence-corrected chi connectivity index (χ4v) is 1.64. The summed E-state index contributed by atoms with van der Waals surface area (Å²) in [6.07, 6.45) is 0. The van der Waals surface area contributed by atoms with E-state index in [4.69, 9.17) is 5.73 Å². The van der Waals surface area contributed by atoms with Crippen LogP contribution in [0, 0.1) is 6.92 Å². The van der Waals surface area contributed by atoms with Crippen LogP contribution in [0.5, 0.6) is 0 Å². The molecule has 0 aliphatic heterocycles. The molecule has 2 aromatic carbocycles. The van der Waals surface area contributed by atoms with Crippen LogP contribution in [-0.2, 0) is 6.54 Å². The average Bonchev–Trinajstić information content (AvgIpc) is 2.32. The van der Waals surface area contributed by atoms with E-state index >= 15 is 0 Å². The number of anilines is 2. The van der Waals surface area contributed by atoms with E-state index in [0.717, 1.165) is 23.5 Å². The quantitative estimate of drug-likeness (QED) is 0.767. The molecule has 2 nitrogen and oxygen atoms in total. The Hall–Kier alpha value is -1.96. The van der Waals surface area contributed by atoms with E-state index in [2.05, 4.69) is 18.3 Å². The summed E-state index contributed by atoms with van der Waals surface area (Å²) in [4.78, 5) is 0. The van der Waals surface area contributed by atoms with E-state index in [-0.39, 0.29) is 0 Å². The number of nitrogens with two attached hydrogens (primary N) is 1. The van der Waals surface area contributed by atoms with Gasteiger partial charge in [0.1, 0.15) is 0 Å². The van der Waals surface area contributed by atoms with Crippen molar-refractivity contribution in [3.8, 4) is 0 Å². The molecule has 0 saturated carbocycles. The van der Waals surface area contributed by atoms with Crippen LogP contribution in [0.1, 0.15) is 11.1 Å². The van der Waals surface area contributed by atoms with Gasteiger partial charge in [0.05, 0.1) is 0 Å². The third-order valence-corrected chi connectivity index (χ3v) is 2.56. The molecular formula is C14H16N2. The van der Waals surface area contributed by atoms with Crippen LogP contribution in [0.2, 0.25) is 0 Å². The molecule has 0 spiro atoms. The lowest BCUT2D eigenvalue weighted by Gasteiger charge is -2.09. The summed E-state index contributed by atoms with van der Waals surface area (Å²) < 4.78 is 0. The molecule has 0 fully saturated rings. The molecule has 2 heteroatoms. The van der Waals surface area contributed by atoms with E-state index in [9.17, 15) is 0 Å². The number of benzene rings is 2. The summed E-state index contributed by atoms with van der Waals surface area (Å²) in [6.45, 7) is 2.84. The molecule has 0 radical (unpaired) electrons. The van der Waals surface area contributed by atoms with Gasteiger partial charge in [0.15, 0.2) is 0 Å². The lowest BCUT2D eigenvalue weighted by molar-refractivity contribution is 1.14. The Balaban J connectivity index is 2.08. The Morgan fingerprint density at radius 2 is 1.81 bits per heavy atom. The summed E-state index contributed by atoms with van der Waals surface area (Å²) >= 11 is 0. The van der Waals surface area contributed by atoms with Gasteiger partial charge in [-0.3, -0.25) is 0 Å². The third kappa shape index (κ3) is 2.54. The van der Waals surface area contributed by atoms with Crippen LogP contribution in [-0.4, -0.2) is 0 Å². The molecule has 82 valence electrons. The Kier molecular flexibility index (Phi) is 3.10. The van der Waals surface area contributed by atoms with Gasteiger partial charge in [-0.1, -0.05) is 35.9 Å². The highest BCUT2D eigenvalue weighted by molar-refractivity contribution is 5.51. The maximum atomic E-state index is 5.91. The average molecular weight is 212 g/mol. The van der Waals surface area contributed by atoms with Gasteiger partial charge in [0.2, 0.25) is 0 Å². The van der Waals surface area contributed by atoms with Crippen LogP contribution in [0.4, 0.5) is 11.4 Å². The smallest absolute Gasteiger partial charge is 0.0421 e. The summed E-state index contributed by atoms with van der Waals surface area (Å²) in [5.74, 6) is 0. The topological polar surface area (TPSA) is 38.0 Å². The van der Waals surface area contributed by atoms with Crippen molar-refractivity contribution in [2.45, 2.75) is 13.5 Å². The first-order valence-electron chi connectivity index (χ1n) is 5.39. The minimum absolute atomic E-state index is 0.761. The second-order valence-corrected chi connectivity index (χ2v) is 3.92. The first-order valence-corrected chi connectivity index (χ1v) is 5.39. The Morgan fingerprint density at radius 3 is 2.56 bits per heavy atom. The van der Waals surface area contributed by atoms with E-state index < -0.39 is 0 Å². The van der Waals surface area contributed by atoms with Crippen molar-refractivity contribution < 1.29 is 0 Å². The highest BCUT2D eigenvalue weighted by Gasteiger charge is 1.99. The van der Waals surface area contributed by atoms with Crippen LogP contribution < -0.4 is 11.1 Å². The molecular weight excluding hydrogens is 196 g/mol. The van der Waals surface area contributed by atoms with Gasteiger partial charge in [-0.05, 0) is 30.7 Å². The predicted molar refractivity (Wildman–Crippen MR) is 69.4 cm³/mol. The standard InChI is InChI=1S/C14H16N2/c1-11-7-8-14(15)12(9-11)10-16-13-5-3-2-4-6-13/h2-9,16H,10,15H2,1H3. The first-order chi connectivity index (χ1) is 7.75. The summed E-state index contributed by atoms with van der Waals surface area (Å²) in [7, 11) is 0. The second-order valence-electron chi connectivity index (χ2n) is 3.92. The zero-order valence-corrected chi connectivity index (χ0v) is 9.40. The Labute approximate surface area is 96.1 Å². The van der Waals surface area contributed by atoms with Gasteiger partial charge in [-0.25, -0.2) is 0 Å². The summed E-state index contributed by atoms with van der Waals surface area (Å²) in [6, 6.07) is 16.2. The normalized spacial score (nSPS) is 10.1. The Morgan fingerprint density at radius 1 is 1.06 bits per heavy atom. The van der Waals surface area contributed by atoms with Gasteiger partial charge in [-0.15, -0.1) is 0 Å². The number of hydrogen-bond acceptors (Lipinski definition) is 2. The number of aryl methyl sites for hydroxylation is 1. The van der Waals surface area contributed by atoms with Crippen LogP contribution in [0.15, 0.2) is 48.5 Å². The van der Waals surface area contributed by atoms with Crippen molar-refractivity contribution >= 4 is 11.4 Å². The van der Waals surface area contributed by atoms with Gasteiger partial charge in [0.25, 0.3) is 0 Å². The fourth-order valence-electron chi connectivity index (χ4n) is 1.64. The molecule has 0 unspecified atom stereocenters. The Bertz CT molecular complexity index is 463. The molecule has 0 aromatic heterocycles. The van der Waals surface area contributed by atoms with Crippen molar-refractivity contribution in [3.63, 3.8) is 0 Å². The maximum absolute atomic E-state index is 5.91. The zero-order chi connectivity index (χ0) is 11.4. The number of nitrogens with one attached hydrogen (secondary N) is 1. The molecule has 0 amide bonds. The van der Waals surface area contributed by atoms with Gasteiger partial charge in [-0.2, -0.15) is 0 Å². The largest absolute Gasteiger partial charge is 0.398 e. The SMILES string of the molecule is Cc1ccc(N)c(CNc2ccccc2)c1. The van der Waals surface area contributed by atoms with Crippen LogP contribution in [0.25, 0.3) is 0 Å². The third-order valence-electron chi connectivity index (χ3n) is 2.56. The molecule has 0 bridgehead atoms. The highest BCUT2D eigenvalue weighted by Crippen LogP contribution is 2.15. The van der Waals surface area contributed by atoms with E-state index in [0.29, 0.717) is 0 Å². The molecule has 0 heterocycles. The van der Waals surface area contributed by atoms with E-state index in [1.165, 1.54) is 5.56 Å². The van der Waals surface area contributed by atoms with Gasteiger partial charge < -0.3 is 11.1 Å². The van der Waals surface area contributed by atoms with Gasteiger partial charge in [0, 0.05) is 17.9 Å². The van der Waals surface area contributed by atoms with Crippen LogP contribution >= 0.6 is 0 Å². The minimum atomic E-state index is 0.761. The van der Waals surface area contributed by atoms with Crippen molar-refractivity contribution in [2.75, 3.05) is 11.1 Å². The lowest BCUT2D eigenvalue weighted by atomic mass is 10.1. The number of rotatable bonds is 3. The second kappa shape index (κ2) is 4.71. The lowest BCUT2D eigenvalue weighted by Crippen LogP contribution is -2.03.